The lowest BCUT2D eigenvalue weighted by molar-refractivity contribution is -0.0306. The predicted octanol–water partition coefficient (Wildman–Crippen LogP) is 2.58. The third-order valence-corrected chi connectivity index (χ3v) is 3.09. The van der Waals surface area contributed by atoms with Crippen molar-refractivity contribution in [2.24, 2.45) is 0 Å². The molecule has 1 rings (SSSR count). The lowest BCUT2D eigenvalue weighted by Gasteiger charge is -2.25. The van der Waals surface area contributed by atoms with Crippen LogP contribution in [0.2, 0.25) is 0 Å². The third kappa shape index (κ3) is 3.04. The van der Waals surface area contributed by atoms with E-state index in [1.54, 1.807) is 7.11 Å². The van der Waals surface area contributed by atoms with Gasteiger partial charge in [0.1, 0.15) is 5.60 Å². The van der Waals surface area contributed by atoms with Crippen molar-refractivity contribution < 1.29 is 9.26 Å². The van der Waals surface area contributed by atoms with Gasteiger partial charge in [-0.1, -0.05) is 19.0 Å². The van der Waals surface area contributed by atoms with E-state index in [0.717, 1.165) is 19.3 Å². The number of aromatic nitrogens is 2. The van der Waals surface area contributed by atoms with E-state index in [0.29, 0.717) is 24.6 Å². The third-order valence-electron chi connectivity index (χ3n) is 3.09. The number of ether oxygens (including phenoxy) is 1. The summed E-state index contributed by atoms with van der Waals surface area (Å²) in [5, 5.41) is 12.4. The molecule has 1 aromatic rings. The molecule has 1 heterocycles. The Labute approximate surface area is 102 Å². The van der Waals surface area contributed by atoms with Gasteiger partial charge < -0.3 is 9.26 Å². The van der Waals surface area contributed by atoms with E-state index in [2.05, 4.69) is 16.2 Å². The topological polar surface area (TPSA) is 71.9 Å². The fourth-order valence-electron chi connectivity index (χ4n) is 1.81. The fraction of sp³-hybridized carbons (Fsp3) is 0.750. The van der Waals surface area contributed by atoms with E-state index < -0.39 is 5.60 Å². The number of unbranched alkanes of at least 4 members (excludes halogenated alkanes) is 1. The Morgan fingerprint density at radius 3 is 2.65 bits per heavy atom. The Hall–Kier alpha value is -1.41. The molecule has 0 aliphatic heterocycles. The number of hydrogen-bond donors (Lipinski definition) is 0. The molecule has 0 aromatic carbocycles. The Morgan fingerprint density at radius 2 is 2.12 bits per heavy atom. The minimum absolute atomic E-state index is 0.447. The van der Waals surface area contributed by atoms with Crippen LogP contribution in [0.25, 0.3) is 0 Å². The van der Waals surface area contributed by atoms with Gasteiger partial charge >= 0.3 is 0 Å². The van der Waals surface area contributed by atoms with Crippen LogP contribution in [0, 0.1) is 11.3 Å². The normalized spacial score (nSPS) is 11.4. The maximum Gasteiger partial charge on any atom is 0.226 e. The number of nitriles is 1. The van der Waals surface area contributed by atoms with Crippen molar-refractivity contribution in [2.45, 2.75) is 51.6 Å². The van der Waals surface area contributed by atoms with Gasteiger partial charge in [-0.2, -0.15) is 10.2 Å². The number of hydrogen-bond acceptors (Lipinski definition) is 5. The lowest BCUT2D eigenvalue weighted by atomic mass is 9.96. The summed E-state index contributed by atoms with van der Waals surface area (Å²) in [6.07, 6.45) is 3.51. The molecule has 0 aliphatic carbocycles. The van der Waals surface area contributed by atoms with Crippen molar-refractivity contribution in [2.75, 3.05) is 7.11 Å². The summed E-state index contributed by atoms with van der Waals surface area (Å²) in [6.45, 7) is 4.08. The molecule has 5 heteroatoms. The molecule has 17 heavy (non-hydrogen) atoms. The average molecular weight is 237 g/mol. The van der Waals surface area contributed by atoms with Crippen molar-refractivity contribution in [3.8, 4) is 6.07 Å². The van der Waals surface area contributed by atoms with Gasteiger partial charge in [0.05, 0.1) is 6.07 Å². The summed E-state index contributed by atoms with van der Waals surface area (Å²) >= 11 is 0. The molecule has 0 atom stereocenters. The lowest BCUT2D eigenvalue weighted by Crippen LogP contribution is -2.28. The van der Waals surface area contributed by atoms with Crippen molar-refractivity contribution in [1.29, 1.82) is 5.26 Å². The van der Waals surface area contributed by atoms with Gasteiger partial charge in [0.2, 0.25) is 11.7 Å². The molecule has 1 aromatic heterocycles. The van der Waals surface area contributed by atoms with Crippen LogP contribution in [0.3, 0.4) is 0 Å². The number of nitrogens with zero attached hydrogens (tertiary/aromatic N) is 3. The van der Waals surface area contributed by atoms with Crippen molar-refractivity contribution in [3.63, 3.8) is 0 Å². The van der Waals surface area contributed by atoms with Crippen LogP contribution in [-0.4, -0.2) is 17.3 Å². The van der Waals surface area contributed by atoms with Crippen molar-refractivity contribution in [3.05, 3.63) is 11.7 Å². The van der Waals surface area contributed by atoms with Gasteiger partial charge in [0.15, 0.2) is 0 Å². The van der Waals surface area contributed by atoms with Crippen LogP contribution < -0.4 is 0 Å². The molecule has 0 unspecified atom stereocenters. The molecule has 0 radical (unpaired) electrons. The minimum atomic E-state index is -0.447. The monoisotopic (exact) mass is 237 g/mol. The first kappa shape index (κ1) is 13.7. The Bertz CT molecular complexity index is 369. The Balaban J connectivity index is 2.75. The molecular weight excluding hydrogens is 218 g/mol. The Kier molecular flexibility index (Phi) is 5.11. The van der Waals surface area contributed by atoms with E-state index in [-0.39, 0.29) is 0 Å². The highest BCUT2D eigenvalue weighted by Gasteiger charge is 2.33. The molecule has 94 valence electrons. The van der Waals surface area contributed by atoms with E-state index in [1.807, 2.05) is 13.8 Å². The highest BCUT2D eigenvalue weighted by atomic mass is 16.5. The quantitative estimate of drug-likeness (QED) is 0.681. The second-order valence-corrected chi connectivity index (χ2v) is 3.93. The maximum absolute atomic E-state index is 8.46. The molecule has 0 spiro atoms. The zero-order valence-corrected chi connectivity index (χ0v) is 10.7. The zero-order valence-electron chi connectivity index (χ0n) is 10.7. The van der Waals surface area contributed by atoms with E-state index in [4.69, 9.17) is 14.5 Å². The molecule has 0 amide bonds. The number of methoxy groups -OCH3 is 1. The van der Waals surface area contributed by atoms with Gasteiger partial charge in [-0.25, -0.2) is 0 Å². The van der Waals surface area contributed by atoms with Crippen LogP contribution in [0.1, 0.15) is 51.2 Å². The Morgan fingerprint density at radius 1 is 1.41 bits per heavy atom. The largest absolute Gasteiger partial charge is 0.370 e. The highest BCUT2D eigenvalue weighted by molar-refractivity contribution is 5.01. The molecule has 5 nitrogen and oxygen atoms in total. The number of rotatable bonds is 7. The first-order valence-electron chi connectivity index (χ1n) is 5.97. The van der Waals surface area contributed by atoms with E-state index in [1.165, 1.54) is 0 Å². The van der Waals surface area contributed by atoms with Gasteiger partial charge in [-0.15, -0.1) is 0 Å². The predicted molar refractivity (Wildman–Crippen MR) is 62.1 cm³/mol. The molecule has 0 saturated carbocycles. The summed E-state index contributed by atoms with van der Waals surface area (Å²) in [5.74, 6) is 1.19. The van der Waals surface area contributed by atoms with Crippen molar-refractivity contribution in [1.82, 2.24) is 10.1 Å². The minimum Gasteiger partial charge on any atom is -0.370 e. The highest BCUT2D eigenvalue weighted by Crippen LogP contribution is 2.30. The van der Waals surface area contributed by atoms with Crippen LogP contribution in [0.5, 0.6) is 0 Å². The standard InChI is InChI=1S/C12H19N3O2/c1-4-12(5-2,16-3)11-14-10(17-15-11)8-6-7-9-13/h4-8H2,1-3H3. The molecular formula is C12H19N3O2. The summed E-state index contributed by atoms with van der Waals surface area (Å²) in [7, 11) is 1.67. The van der Waals surface area contributed by atoms with E-state index in [9.17, 15) is 0 Å². The van der Waals surface area contributed by atoms with Crippen LogP contribution >= 0.6 is 0 Å². The molecule has 0 fully saturated rings. The van der Waals surface area contributed by atoms with Crippen molar-refractivity contribution >= 4 is 0 Å². The van der Waals surface area contributed by atoms with Crippen LogP contribution in [0.15, 0.2) is 4.52 Å². The summed E-state index contributed by atoms with van der Waals surface area (Å²) in [6, 6.07) is 2.09. The number of aryl methyl sites for hydroxylation is 1. The first-order chi connectivity index (χ1) is 8.22. The van der Waals surface area contributed by atoms with Gasteiger partial charge in [-0.3, -0.25) is 0 Å². The summed E-state index contributed by atoms with van der Waals surface area (Å²) < 4.78 is 10.7. The second-order valence-electron chi connectivity index (χ2n) is 3.93. The van der Waals surface area contributed by atoms with Gasteiger partial charge in [0.25, 0.3) is 0 Å². The molecule has 0 saturated heterocycles. The smallest absolute Gasteiger partial charge is 0.226 e. The molecule has 0 bridgehead atoms. The average Bonchev–Trinajstić information content (AvgIpc) is 2.82. The van der Waals surface area contributed by atoms with Gasteiger partial charge in [0, 0.05) is 20.0 Å². The molecule has 0 N–H and O–H groups in total. The zero-order chi connectivity index (χ0) is 12.7. The SMILES string of the molecule is CCC(CC)(OC)c1noc(CCCC#N)n1. The van der Waals surface area contributed by atoms with E-state index >= 15 is 0 Å². The summed E-state index contributed by atoms with van der Waals surface area (Å²) in [5.41, 5.74) is -0.447. The van der Waals surface area contributed by atoms with Crippen LogP contribution in [-0.2, 0) is 16.8 Å². The molecule has 0 aliphatic rings. The first-order valence-corrected chi connectivity index (χ1v) is 5.97. The fourth-order valence-corrected chi connectivity index (χ4v) is 1.81. The van der Waals surface area contributed by atoms with Crippen LogP contribution in [0.4, 0.5) is 0 Å². The second kappa shape index (κ2) is 6.36. The summed E-state index contributed by atoms with van der Waals surface area (Å²) in [4.78, 5) is 4.35. The van der Waals surface area contributed by atoms with Gasteiger partial charge in [-0.05, 0) is 19.3 Å². The maximum atomic E-state index is 8.46.